The molecule has 2 aromatic heterocycles. The first-order valence-corrected chi connectivity index (χ1v) is 7.26. The monoisotopic (exact) mass is 268 g/mol. The molecule has 0 saturated carbocycles. The van der Waals surface area contributed by atoms with E-state index >= 15 is 0 Å². The van der Waals surface area contributed by atoms with Crippen molar-refractivity contribution >= 4 is 21.9 Å². The molecule has 0 spiro atoms. The van der Waals surface area contributed by atoms with Gasteiger partial charge >= 0.3 is 0 Å². The molecule has 0 bridgehead atoms. The van der Waals surface area contributed by atoms with Crippen LogP contribution in [0.15, 0.2) is 30.5 Å². The molecule has 0 fully saturated rings. The molecule has 1 aromatic carbocycles. The number of para-hydroxylation sites is 1. The number of imidazole rings is 1. The summed E-state index contributed by atoms with van der Waals surface area (Å²) in [6, 6.07) is 8.18. The Hall–Kier alpha value is -1.94. The van der Waals surface area contributed by atoms with Crippen LogP contribution in [-0.4, -0.2) is 14.5 Å². The second kappa shape index (κ2) is 5.21. The molecular weight excluding hydrogens is 248 g/mol. The average molecular weight is 268 g/mol. The molecule has 2 N–H and O–H groups in total. The van der Waals surface area contributed by atoms with Gasteiger partial charge in [0.15, 0.2) is 0 Å². The van der Waals surface area contributed by atoms with Crippen LogP contribution in [-0.2, 0) is 6.42 Å². The Labute approximate surface area is 118 Å². The minimum absolute atomic E-state index is 0.0224. The summed E-state index contributed by atoms with van der Waals surface area (Å²) in [5.74, 6) is 1.04. The van der Waals surface area contributed by atoms with Crippen LogP contribution >= 0.6 is 0 Å². The van der Waals surface area contributed by atoms with E-state index in [9.17, 15) is 0 Å². The lowest BCUT2D eigenvalue weighted by atomic mass is 10.2. The molecular formula is C16H20N4. The second-order valence-corrected chi connectivity index (χ2v) is 5.12. The van der Waals surface area contributed by atoms with Crippen molar-refractivity contribution in [2.75, 3.05) is 0 Å². The fourth-order valence-electron chi connectivity index (χ4n) is 2.80. The Bertz CT molecular complexity index is 745. The lowest BCUT2D eigenvalue weighted by molar-refractivity contribution is 0.474. The molecule has 3 rings (SSSR count). The van der Waals surface area contributed by atoms with Gasteiger partial charge in [-0.1, -0.05) is 38.5 Å². The van der Waals surface area contributed by atoms with Crippen molar-refractivity contribution in [3.63, 3.8) is 0 Å². The number of fused-ring (bicyclic) bond motifs is 3. The van der Waals surface area contributed by atoms with E-state index < -0.39 is 0 Å². The molecule has 0 aliphatic rings. The van der Waals surface area contributed by atoms with Crippen molar-refractivity contribution in [2.45, 2.75) is 39.3 Å². The Morgan fingerprint density at radius 3 is 2.75 bits per heavy atom. The van der Waals surface area contributed by atoms with Crippen molar-refractivity contribution in [1.82, 2.24) is 14.5 Å². The molecule has 4 nitrogen and oxygen atoms in total. The van der Waals surface area contributed by atoms with E-state index in [0.29, 0.717) is 0 Å². The van der Waals surface area contributed by atoms with Gasteiger partial charge in [-0.05, 0) is 12.5 Å². The molecule has 2 heterocycles. The minimum Gasteiger partial charge on any atom is -0.311 e. The summed E-state index contributed by atoms with van der Waals surface area (Å²) in [6.45, 7) is 4.27. The van der Waals surface area contributed by atoms with Crippen molar-refractivity contribution < 1.29 is 0 Å². The summed E-state index contributed by atoms with van der Waals surface area (Å²) < 4.78 is 2.20. The van der Waals surface area contributed by atoms with E-state index in [1.807, 2.05) is 24.4 Å². The van der Waals surface area contributed by atoms with Gasteiger partial charge in [0, 0.05) is 11.8 Å². The van der Waals surface area contributed by atoms with Gasteiger partial charge in [0.1, 0.15) is 11.3 Å². The van der Waals surface area contributed by atoms with E-state index in [0.717, 1.165) is 47.0 Å². The summed E-state index contributed by atoms with van der Waals surface area (Å²) >= 11 is 0. The van der Waals surface area contributed by atoms with Crippen LogP contribution < -0.4 is 5.73 Å². The lowest BCUT2D eigenvalue weighted by Crippen LogP contribution is -2.20. The first-order chi connectivity index (χ1) is 9.76. The number of aromatic nitrogens is 3. The standard InChI is InChI=1S/C16H20N4/c1-3-7-14(17)20-15(4-2)19-13-10-18-12-9-6-5-8-11(12)16(13)20/h5-6,8-10,14H,3-4,7,17H2,1-2H3. The van der Waals surface area contributed by atoms with Crippen molar-refractivity contribution in [3.05, 3.63) is 36.3 Å². The number of benzene rings is 1. The van der Waals surface area contributed by atoms with E-state index in [1.165, 1.54) is 0 Å². The van der Waals surface area contributed by atoms with Gasteiger partial charge in [-0.3, -0.25) is 4.98 Å². The van der Waals surface area contributed by atoms with Crippen LogP contribution in [0.5, 0.6) is 0 Å². The topological polar surface area (TPSA) is 56.7 Å². The number of aryl methyl sites for hydroxylation is 1. The van der Waals surface area contributed by atoms with Gasteiger partial charge in [-0.25, -0.2) is 4.98 Å². The summed E-state index contributed by atoms with van der Waals surface area (Å²) in [4.78, 5) is 9.19. The normalized spacial score (nSPS) is 13.2. The van der Waals surface area contributed by atoms with Gasteiger partial charge in [0.05, 0.1) is 23.4 Å². The molecule has 4 heteroatoms. The molecule has 104 valence electrons. The van der Waals surface area contributed by atoms with Gasteiger partial charge in [-0.15, -0.1) is 0 Å². The van der Waals surface area contributed by atoms with E-state index in [4.69, 9.17) is 10.7 Å². The van der Waals surface area contributed by atoms with Gasteiger partial charge < -0.3 is 10.3 Å². The van der Waals surface area contributed by atoms with Crippen LogP contribution in [0, 0.1) is 0 Å². The predicted molar refractivity (Wildman–Crippen MR) is 82.5 cm³/mol. The van der Waals surface area contributed by atoms with Crippen LogP contribution in [0.4, 0.5) is 0 Å². The number of nitrogens with zero attached hydrogens (tertiary/aromatic N) is 3. The number of hydrogen-bond acceptors (Lipinski definition) is 3. The van der Waals surface area contributed by atoms with Crippen LogP contribution in [0.3, 0.4) is 0 Å². The fraction of sp³-hybridized carbons (Fsp3) is 0.375. The van der Waals surface area contributed by atoms with E-state index in [2.05, 4.69) is 29.5 Å². The van der Waals surface area contributed by atoms with Crippen molar-refractivity contribution in [3.8, 4) is 0 Å². The molecule has 0 amide bonds. The summed E-state index contributed by atoms with van der Waals surface area (Å²) in [7, 11) is 0. The smallest absolute Gasteiger partial charge is 0.110 e. The highest BCUT2D eigenvalue weighted by Crippen LogP contribution is 2.27. The van der Waals surface area contributed by atoms with Gasteiger partial charge in [0.25, 0.3) is 0 Å². The van der Waals surface area contributed by atoms with Gasteiger partial charge in [0.2, 0.25) is 0 Å². The van der Waals surface area contributed by atoms with Crippen LogP contribution in [0.2, 0.25) is 0 Å². The second-order valence-electron chi connectivity index (χ2n) is 5.12. The Morgan fingerprint density at radius 1 is 1.20 bits per heavy atom. The SMILES string of the molecule is CCCC(N)n1c(CC)nc2cnc3ccccc3c21. The molecule has 0 saturated heterocycles. The molecule has 1 unspecified atom stereocenters. The first-order valence-electron chi connectivity index (χ1n) is 7.26. The highest BCUT2D eigenvalue weighted by Gasteiger charge is 2.17. The maximum Gasteiger partial charge on any atom is 0.110 e. The molecule has 0 aliphatic carbocycles. The zero-order chi connectivity index (χ0) is 14.1. The highest BCUT2D eigenvalue weighted by atomic mass is 15.2. The predicted octanol–water partition coefficient (Wildman–Crippen LogP) is 3.40. The van der Waals surface area contributed by atoms with Crippen molar-refractivity contribution in [1.29, 1.82) is 0 Å². The van der Waals surface area contributed by atoms with Crippen LogP contribution in [0.1, 0.15) is 38.7 Å². The summed E-state index contributed by atoms with van der Waals surface area (Å²) in [6.07, 6.45) is 4.72. The summed E-state index contributed by atoms with van der Waals surface area (Å²) in [5, 5.41) is 1.13. The van der Waals surface area contributed by atoms with E-state index in [1.54, 1.807) is 0 Å². The quantitative estimate of drug-likeness (QED) is 0.789. The number of nitrogens with two attached hydrogens (primary N) is 1. The lowest BCUT2D eigenvalue weighted by Gasteiger charge is -2.17. The Balaban J connectivity index is 2.36. The van der Waals surface area contributed by atoms with Crippen LogP contribution in [0.25, 0.3) is 21.9 Å². The molecule has 20 heavy (non-hydrogen) atoms. The molecule has 0 radical (unpaired) electrons. The molecule has 0 aliphatic heterocycles. The summed E-state index contributed by atoms with van der Waals surface area (Å²) in [5.41, 5.74) is 9.44. The average Bonchev–Trinajstić information content (AvgIpc) is 2.86. The minimum atomic E-state index is -0.0224. The largest absolute Gasteiger partial charge is 0.311 e. The zero-order valence-corrected chi connectivity index (χ0v) is 12.0. The third-order valence-electron chi connectivity index (χ3n) is 3.73. The maximum absolute atomic E-state index is 6.39. The first kappa shape index (κ1) is 13.1. The maximum atomic E-state index is 6.39. The number of pyridine rings is 1. The highest BCUT2D eigenvalue weighted by molar-refractivity contribution is 6.02. The number of hydrogen-bond donors (Lipinski definition) is 1. The fourth-order valence-corrected chi connectivity index (χ4v) is 2.80. The number of rotatable bonds is 4. The molecule has 1 atom stereocenters. The Morgan fingerprint density at radius 2 is 2.00 bits per heavy atom. The van der Waals surface area contributed by atoms with Crippen molar-refractivity contribution in [2.24, 2.45) is 5.73 Å². The van der Waals surface area contributed by atoms with E-state index in [-0.39, 0.29) is 6.17 Å². The molecule has 3 aromatic rings. The Kier molecular flexibility index (Phi) is 3.40. The third kappa shape index (κ3) is 1.96. The zero-order valence-electron chi connectivity index (χ0n) is 12.0. The van der Waals surface area contributed by atoms with Gasteiger partial charge in [-0.2, -0.15) is 0 Å². The third-order valence-corrected chi connectivity index (χ3v) is 3.73.